The molecule has 0 fully saturated rings. The largest absolute Gasteiger partial charge is 0.337 e. The van der Waals surface area contributed by atoms with Crippen LogP contribution in [0.2, 0.25) is 0 Å². The molecular formula is C26H27FN6O3S. The summed E-state index contributed by atoms with van der Waals surface area (Å²) in [6.07, 6.45) is 2.00. The van der Waals surface area contributed by atoms with Gasteiger partial charge in [0.15, 0.2) is 5.03 Å². The van der Waals surface area contributed by atoms with Gasteiger partial charge in [-0.15, -0.1) is 0 Å². The smallest absolute Gasteiger partial charge is 0.262 e. The van der Waals surface area contributed by atoms with Gasteiger partial charge in [0, 0.05) is 62.3 Å². The van der Waals surface area contributed by atoms with Gasteiger partial charge in [-0.25, -0.2) is 17.8 Å². The van der Waals surface area contributed by atoms with Crippen molar-refractivity contribution in [2.75, 3.05) is 11.4 Å². The molecule has 0 radical (unpaired) electrons. The number of fused-ring (bicyclic) bond motifs is 1. The van der Waals surface area contributed by atoms with Crippen LogP contribution < -0.4 is 4.90 Å². The zero-order chi connectivity index (χ0) is 26.3. The maximum atomic E-state index is 13.5. The molecule has 1 aliphatic heterocycles. The second-order valence-corrected chi connectivity index (χ2v) is 10.9. The zero-order valence-corrected chi connectivity index (χ0v) is 21.6. The lowest BCUT2D eigenvalue weighted by atomic mass is 10.1. The number of aryl methyl sites for hydroxylation is 3. The summed E-state index contributed by atoms with van der Waals surface area (Å²) in [5, 5.41) is 4.69. The highest BCUT2D eigenvalue weighted by Crippen LogP contribution is 2.29. The average Bonchev–Trinajstić information content (AvgIpc) is 3.41. The second kappa shape index (κ2) is 9.56. The molecule has 9 nitrogen and oxygen atoms in total. The fourth-order valence-electron chi connectivity index (χ4n) is 4.55. The van der Waals surface area contributed by atoms with Crippen LogP contribution in [0.15, 0.2) is 65.8 Å². The summed E-state index contributed by atoms with van der Waals surface area (Å²) in [5.74, 6) is -0.128. The number of sulfonamides is 1. The van der Waals surface area contributed by atoms with Crippen molar-refractivity contribution in [1.82, 2.24) is 23.6 Å². The van der Waals surface area contributed by atoms with Gasteiger partial charge in [0.05, 0.1) is 12.2 Å². The Hall–Kier alpha value is -3.83. The van der Waals surface area contributed by atoms with Crippen LogP contribution in [0.3, 0.4) is 0 Å². The minimum atomic E-state index is -3.81. The molecule has 0 atom stereocenters. The van der Waals surface area contributed by atoms with Gasteiger partial charge in [0.2, 0.25) is 0 Å². The van der Waals surface area contributed by atoms with Crippen molar-refractivity contribution in [2.24, 2.45) is 14.1 Å². The Morgan fingerprint density at radius 1 is 1.08 bits per heavy atom. The second-order valence-electron chi connectivity index (χ2n) is 9.06. The van der Waals surface area contributed by atoms with E-state index in [4.69, 9.17) is 0 Å². The third-order valence-corrected chi connectivity index (χ3v) is 8.41. The van der Waals surface area contributed by atoms with E-state index in [9.17, 15) is 17.6 Å². The molecule has 1 aliphatic rings. The van der Waals surface area contributed by atoms with E-state index >= 15 is 0 Å². The van der Waals surface area contributed by atoms with Crippen molar-refractivity contribution >= 4 is 21.6 Å². The Morgan fingerprint density at radius 2 is 1.78 bits per heavy atom. The molecule has 11 heteroatoms. The number of para-hydroxylation sites is 1. The summed E-state index contributed by atoms with van der Waals surface area (Å²) in [6.45, 7) is 2.31. The lowest BCUT2D eigenvalue weighted by Gasteiger charge is -2.27. The maximum Gasteiger partial charge on any atom is 0.262 e. The quantitative estimate of drug-likeness (QED) is 0.388. The Balaban J connectivity index is 1.49. The lowest BCUT2D eigenvalue weighted by molar-refractivity contribution is 0.0984. The molecule has 4 aromatic rings. The molecule has 192 valence electrons. The van der Waals surface area contributed by atoms with E-state index in [0.29, 0.717) is 35.7 Å². The number of nitrogens with zero attached hydrogens (tertiary/aromatic N) is 6. The van der Waals surface area contributed by atoms with Crippen LogP contribution in [0.4, 0.5) is 10.1 Å². The van der Waals surface area contributed by atoms with Crippen molar-refractivity contribution in [3.63, 3.8) is 0 Å². The standard InChI is InChI=1S/C26H27FN6O3S/c1-18-28-25(17-30(18)2)37(35,36)32-14-13-24-22(15-32)23(29-31(24)3)16-33(21-7-5-4-6-8-21)26(34)19-9-11-20(27)12-10-19/h4-12,17H,13-16H2,1-3H3. The predicted octanol–water partition coefficient (Wildman–Crippen LogP) is 3.20. The Labute approximate surface area is 214 Å². The molecule has 37 heavy (non-hydrogen) atoms. The van der Waals surface area contributed by atoms with Crippen LogP contribution >= 0.6 is 0 Å². The predicted molar refractivity (Wildman–Crippen MR) is 136 cm³/mol. The van der Waals surface area contributed by atoms with Crippen LogP contribution in [-0.2, 0) is 43.6 Å². The monoisotopic (exact) mass is 522 g/mol. The van der Waals surface area contributed by atoms with Crippen molar-refractivity contribution in [1.29, 1.82) is 0 Å². The van der Waals surface area contributed by atoms with E-state index in [2.05, 4.69) is 10.1 Å². The number of carbonyl (C=O) groups excluding carboxylic acids is 1. The van der Waals surface area contributed by atoms with Gasteiger partial charge in [-0.3, -0.25) is 9.48 Å². The molecule has 3 heterocycles. The van der Waals surface area contributed by atoms with Crippen LogP contribution in [0.25, 0.3) is 0 Å². The highest BCUT2D eigenvalue weighted by atomic mass is 32.2. The molecule has 0 saturated carbocycles. The summed E-state index contributed by atoms with van der Waals surface area (Å²) in [7, 11) is -0.232. The van der Waals surface area contributed by atoms with Crippen LogP contribution in [0.1, 0.15) is 33.1 Å². The first kappa shape index (κ1) is 24.8. The average molecular weight is 523 g/mol. The number of halogens is 1. The van der Waals surface area contributed by atoms with Crippen LogP contribution in [0, 0.1) is 12.7 Å². The topological polar surface area (TPSA) is 93.3 Å². The number of amides is 1. The Morgan fingerprint density at radius 3 is 2.43 bits per heavy atom. The van der Waals surface area contributed by atoms with Crippen LogP contribution in [0.5, 0.6) is 0 Å². The molecule has 1 amide bonds. The van der Waals surface area contributed by atoms with Gasteiger partial charge in [-0.1, -0.05) is 18.2 Å². The number of carbonyl (C=O) groups is 1. The van der Waals surface area contributed by atoms with Gasteiger partial charge in [0.1, 0.15) is 11.6 Å². The molecule has 0 bridgehead atoms. The summed E-state index contributed by atoms with van der Waals surface area (Å²) in [6, 6.07) is 14.6. The maximum absolute atomic E-state index is 13.5. The lowest BCUT2D eigenvalue weighted by Crippen LogP contribution is -2.37. The molecule has 0 N–H and O–H groups in total. The van der Waals surface area contributed by atoms with Crippen molar-refractivity contribution in [3.05, 3.63) is 95.0 Å². The first-order chi connectivity index (χ1) is 17.6. The number of imidazole rings is 1. The first-order valence-corrected chi connectivity index (χ1v) is 13.3. The zero-order valence-electron chi connectivity index (χ0n) is 20.8. The van der Waals surface area contributed by atoms with E-state index < -0.39 is 15.8 Å². The fraction of sp³-hybridized carbons (Fsp3) is 0.269. The van der Waals surface area contributed by atoms with Crippen LogP contribution in [-0.4, -0.2) is 44.5 Å². The van der Waals surface area contributed by atoms with E-state index in [1.54, 1.807) is 28.1 Å². The van der Waals surface area contributed by atoms with Crippen molar-refractivity contribution in [2.45, 2.75) is 31.5 Å². The van der Waals surface area contributed by atoms with Gasteiger partial charge >= 0.3 is 0 Å². The fourth-order valence-corrected chi connectivity index (χ4v) is 5.98. The first-order valence-electron chi connectivity index (χ1n) is 11.8. The van der Waals surface area contributed by atoms with Gasteiger partial charge in [-0.05, 0) is 43.3 Å². The molecule has 2 aromatic carbocycles. The van der Waals surface area contributed by atoms with Crippen molar-refractivity contribution in [3.8, 4) is 0 Å². The highest BCUT2D eigenvalue weighted by molar-refractivity contribution is 7.89. The molecular weight excluding hydrogens is 495 g/mol. The van der Waals surface area contributed by atoms with E-state index in [0.717, 1.165) is 11.3 Å². The number of hydrogen-bond acceptors (Lipinski definition) is 5. The van der Waals surface area contributed by atoms with Gasteiger partial charge < -0.3 is 9.47 Å². The minimum Gasteiger partial charge on any atom is -0.337 e. The van der Waals surface area contributed by atoms with Crippen molar-refractivity contribution < 1.29 is 17.6 Å². The number of aromatic nitrogens is 4. The summed E-state index contributed by atoms with van der Waals surface area (Å²) < 4.78 is 45.1. The Bertz CT molecular complexity index is 1540. The SMILES string of the molecule is Cc1nc(S(=O)(=O)N2CCc3c(c(CN(C(=O)c4ccc(F)cc4)c4ccccc4)nn3C)C2)cn1C. The Kier molecular flexibility index (Phi) is 6.42. The summed E-state index contributed by atoms with van der Waals surface area (Å²) in [4.78, 5) is 19.3. The number of benzene rings is 2. The molecule has 5 rings (SSSR count). The number of rotatable bonds is 6. The van der Waals surface area contributed by atoms with Gasteiger partial charge in [0.25, 0.3) is 15.9 Å². The molecule has 0 unspecified atom stereocenters. The molecule has 0 spiro atoms. The number of anilines is 1. The van der Waals surface area contributed by atoms with E-state index in [1.165, 1.54) is 34.8 Å². The summed E-state index contributed by atoms with van der Waals surface area (Å²) >= 11 is 0. The minimum absolute atomic E-state index is 0.0128. The van der Waals surface area contributed by atoms with E-state index in [-0.39, 0.29) is 24.0 Å². The van der Waals surface area contributed by atoms with E-state index in [1.807, 2.05) is 37.4 Å². The normalized spacial score (nSPS) is 13.9. The third-order valence-electron chi connectivity index (χ3n) is 6.69. The highest BCUT2D eigenvalue weighted by Gasteiger charge is 2.34. The van der Waals surface area contributed by atoms with Gasteiger partial charge in [-0.2, -0.15) is 9.40 Å². The third kappa shape index (κ3) is 4.67. The number of hydrogen-bond donors (Lipinski definition) is 0. The summed E-state index contributed by atoms with van der Waals surface area (Å²) in [5.41, 5.74) is 3.30. The molecule has 0 saturated heterocycles. The molecule has 0 aliphatic carbocycles. The molecule has 2 aromatic heterocycles.